The lowest BCUT2D eigenvalue weighted by Gasteiger charge is -2.04. The first-order valence-corrected chi connectivity index (χ1v) is 4.43. The van der Waals surface area contributed by atoms with E-state index in [1.165, 1.54) is 19.1 Å². The molecule has 0 N–H and O–H groups in total. The standard InChI is InChI=1S/C9H8BrFO/c1-6(12)9(10)7-2-4-8(11)5-3-7/h2-5,9H,1H3. The van der Waals surface area contributed by atoms with E-state index in [4.69, 9.17) is 0 Å². The van der Waals surface area contributed by atoms with Gasteiger partial charge in [-0.25, -0.2) is 4.39 Å². The number of carbonyl (C=O) groups excluding carboxylic acids is 1. The summed E-state index contributed by atoms with van der Waals surface area (Å²) in [4.78, 5) is 10.6. The first-order valence-electron chi connectivity index (χ1n) is 3.51. The Morgan fingerprint density at radius 3 is 2.33 bits per heavy atom. The molecular weight excluding hydrogens is 223 g/mol. The van der Waals surface area contributed by atoms with Crippen LogP contribution in [0.5, 0.6) is 0 Å². The Hall–Kier alpha value is -0.700. The van der Waals surface area contributed by atoms with Crippen LogP contribution < -0.4 is 0 Å². The van der Waals surface area contributed by atoms with Gasteiger partial charge in [0.05, 0.1) is 4.83 Å². The Balaban J connectivity index is 2.89. The normalized spacial score (nSPS) is 12.6. The van der Waals surface area contributed by atoms with Crippen molar-refractivity contribution in [3.63, 3.8) is 0 Å². The van der Waals surface area contributed by atoms with Gasteiger partial charge in [-0.2, -0.15) is 0 Å². The quantitative estimate of drug-likeness (QED) is 0.715. The number of hydrogen-bond acceptors (Lipinski definition) is 1. The minimum atomic E-state index is -0.321. The Morgan fingerprint density at radius 1 is 1.42 bits per heavy atom. The molecule has 0 fully saturated rings. The molecule has 0 saturated carbocycles. The third-order valence-electron chi connectivity index (χ3n) is 1.52. The molecule has 3 heteroatoms. The van der Waals surface area contributed by atoms with Gasteiger partial charge in [0.2, 0.25) is 0 Å². The highest BCUT2D eigenvalue weighted by molar-refractivity contribution is 9.09. The number of carbonyl (C=O) groups is 1. The Bertz CT molecular complexity index is 281. The number of benzene rings is 1. The summed E-state index contributed by atoms with van der Waals surface area (Å²) in [6, 6.07) is 5.87. The van der Waals surface area contributed by atoms with Crippen molar-refractivity contribution in [2.45, 2.75) is 11.8 Å². The van der Waals surface area contributed by atoms with E-state index in [-0.39, 0.29) is 16.4 Å². The minimum absolute atomic E-state index is 0.0154. The largest absolute Gasteiger partial charge is 0.298 e. The van der Waals surface area contributed by atoms with Crippen LogP contribution in [0.4, 0.5) is 4.39 Å². The number of halogens is 2. The van der Waals surface area contributed by atoms with Gasteiger partial charge in [0.1, 0.15) is 11.6 Å². The van der Waals surface area contributed by atoms with E-state index in [1.807, 2.05) is 0 Å². The van der Waals surface area contributed by atoms with Gasteiger partial charge >= 0.3 is 0 Å². The molecule has 1 unspecified atom stereocenters. The fourth-order valence-corrected chi connectivity index (χ4v) is 1.17. The van der Waals surface area contributed by atoms with Crippen molar-refractivity contribution in [1.29, 1.82) is 0 Å². The maximum absolute atomic E-state index is 12.5. The number of alkyl halides is 1. The zero-order valence-corrected chi connectivity index (χ0v) is 8.14. The van der Waals surface area contributed by atoms with Gasteiger partial charge in [-0.05, 0) is 24.6 Å². The highest BCUT2D eigenvalue weighted by Crippen LogP contribution is 2.23. The topological polar surface area (TPSA) is 17.1 Å². The van der Waals surface area contributed by atoms with Gasteiger partial charge < -0.3 is 0 Å². The van der Waals surface area contributed by atoms with Crippen molar-refractivity contribution in [2.24, 2.45) is 0 Å². The van der Waals surface area contributed by atoms with Gasteiger partial charge in [-0.15, -0.1) is 0 Å². The highest BCUT2D eigenvalue weighted by atomic mass is 79.9. The summed E-state index contributed by atoms with van der Waals surface area (Å²) in [6.07, 6.45) is 0. The van der Waals surface area contributed by atoms with Crippen molar-refractivity contribution >= 4 is 21.7 Å². The monoisotopic (exact) mass is 230 g/mol. The van der Waals surface area contributed by atoms with Crippen LogP contribution in [0.15, 0.2) is 24.3 Å². The smallest absolute Gasteiger partial charge is 0.147 e. The summed E-state index contributed by atoms with van der Waals surface area (Å²) < 4.78 is 12.5. The van der Waals surface area contributed by atoms with E-state index in [0.717, 1.165) is 5.56 Å². The summed E-state index contributed by atoms with van der Waals surface area (Å²) >= 11 is 3.20. The molecule has 0 aromatic heterocycles. The van der Waals surface area contributed by atoms with Crippen LogP contribution in [0, 0.1) is 5.82 Å². The minimum Gasteiger partial charge on any atom is -0.298 e. The lowest BCUT2D eigenvalue weighted by atomic mass is 10.1. The summed E-state index contributed by atoms with van der Waals surface area (Å²) in [5.41, 5.74) is 0.781. The van der Waals surface area contributed by atoms with Crippen LogP contribution in [0.3, 0.4) is 0 Å². The van der Waals surface area contributed by atoms with E-state index in [0.29, 0.717) is 0 Å². The van der Waals surface area contributed by atoms with Gasteiger partial charge in [0.15, 0.2) is 0 Å². The predicted octanol–water partition coefficient (Wildman–Crippen LogP) is 2.85. The molecule has 0 radical (unpaired) electrons. The second-order valence-electron chi connectivity index (χ2n) is 2.52. The molecule has 0 aliphatic rings. The first-order chi connectivity index (χ1) is 5.61. The van der Waals surface area contributed by atoms with Crippen molar-refractivity contribution in [1.82, 2.24) is 0 Å². The van der Waals surface area contributed by atoms with Crippen LogP contribution in [0.25, 0.3) is 0 Å². The number of Topliss-reactive ketones (excluding diaryl/α,β-unsaturated/α-hetero) is 1. The third-order valence-corrected chi connectivity index (χ3v) is 2.69. The molecule has 0 spiro atoms. The average molecular weight is 231 g/mol. The summed E-state index contributed by atoms with van der Waals surface area (Å²) in [6.45, 7) is 1.49. The fourth-order valence-electron chi connectivity index (χ4n) is 0.866. The van der Waals surface area contributed by atoms with E-state index >= 15 is 0 Å². The predicted molar refractivity (Wildman–Crippen MR) is 48.7 cm³/mol. The van der Waals surface area contributed by atoms with Gasteiger partial charge in [0, 0.05) is 0 Å². The molecule has 1 aromatic carbocycles. The molecule has 1 aromatic rings. The SMILES string of the molecule is CC(=O)C(Br)c1ccc(F)cc1. The molecular formula is C9H8BrFO. The lowest BCUT2D eigenvalue weighted by molar-refractivity contribution is -0.116. The second kappa shape index (κ2) is 3.81. The summed E-state index contributed by atoms with van der Waals surface area (Å²) in [5, 5.41) is 0. The van der Waals surface area contributed by atoms with Gasteiger partial charge in [-0.1, -0.05) is 28.1 Å². The van der Waals surface area contributed by atoms with Crippen LogP contribution in [-0.4, -0.2) is 5.78 Å². The van der Waals surface area contributed by atoms with Crippen LogP contribution >= 0.6 is 15.9 Å². The number of hydrogen-bond donors (Lipinski definition) is 0. The van der Waals surface area contributed by atoms with E-state index in [1.54, 1.807) is 12.1 Å². The maximum atomic E-state index is 12.5. The average Bonchev–Trinajstić information content (AvgIpc) is 2.04. The Morgan fingerprint density at radius 2 is 1.92 bits per heavy atom. The molecule has 0 aliphatic heterocycles. The fraction of sp³-hybridized carbons (Fsp3) is 0.222. The lowest BCUT2D eigenvalue weighted by Crippen LogP contribution is -2.00. The molecule has 12 heavy (non-hydrogen) atoms. The van der Waals surface area contributed by atoms with E-state index in [9.17, 15) is 9.18 Å². The Labute approximate surface area is 78.7 Å². The van der Waals surface area contributed by atoms with Crippen molar-refractivity contribution in [3.05, 3.63) is 35.6 Å². The van der Waals surface area contributed by atoms with Crippen molar-refractivity contribution in [2.75, 3.05) is 0 Å². The molecule has 64 valence electrons. The zero-order valence-electron chi connectivity index (χ0n) is 6.55. The number of ketones is 1. The van der Waals surface area contributed by atoms with Crippen LogP contribution in [0.1, 0.15) is 17.3 Å². The van der Waals surface area contributed by atoms with Crippen molar-refractivity contribution < 1.29 is 9.18 Å². The molecule has 0 bridgehead atoms. The maximum Gasteiger partial charge on any atom is 0.147 e. The number of rotatable bonds is 2. The summed E-state index contributed by atoms with van der Waals surface area (Å²) in [5.74, 6) is -0.274. The van der Waals surface area contributed by atoms with Crippen molar-refractivity contribution in [3.8, 4) is 0 Å². The van der Waals surface area contributed by atoms with Crippen LogP contribution in [-0.2, 0) is 4.79 Å². The second-order valence-corrected chi connectivity index (χ2v) is 3.44. The third kappa shape index (κ3) is 2.14. The molecule has 0 aliphatic carbocycles. The Kier molecular flexibility index (Phi) is 2.98. The molecule has 1 rings (SSSR count). The first kappa shape index (κ1) is 9.39. The molecule has 1 nitrogen and oxygen atoms in total. The molecule has 1 atom stereocenters. The van der Waals surface area contributed by atoms with Gasteiger partial charge in [0.25, 0.3) is 0 Å². The highest BCUT2D eigenvalue weighted by Gasteiger charge is 2.11. The van der Waals surface area contributed by atoms with E-state index < -0.39 is 0 Å². The van der Waals surface area contributed by atoms with Crippen LogP contribution in [0.2, 0.25) is 0 Å². The van der Waals surface area contributed by atoms with Gasteiger partial charge in [-0.3, -0.25) is 4.79 Å². The molecule has 0 amide bonds. The zero-order chi connectivity index (χ0) is 9.14. The summed E-state index contributed by atoms with van der Waals surface area (Å²) in [7, 11) is 0. The molecule has 0 saturated heterocycles. The molecule has 0 heterocycles. The van der Waals surface area contributed by atoms with E-state index in [2.05, 4.69) is 15.9 Å².